The number of fused-ring (bicyclic) bond motifs is 5. The van der Waals surface area contributed by atoms with E-state index in [1.807, 2.05) is 42.5 Å². The Morgan fingerprint density at radius 2 is 1.25 bits per heavy atom. The van der Waals surface area contributed by atoms with Crippen molar-refractivity contribution in [3.63, 3.8) is 0 Å². The van der Waals surface area contributed by atoms with Crippen LogP contribution in [-0.2, 0) is 20.3 Å². The van der Waals surface area contributed by atoms with Crippen LogP contribution in [0.5, 0.6) is 0 Å². The van der Waals surface area contributed by atoms with Crippen molar-refractivity contribution < 1.29 is 19.1 Å². The Bertz CT molecular complexity index is 1150. The molecule has 0 radical (unpaired) electrons. The van der Waals surface area contributed by atoms with Gasteiger partial charge >= 0.3 is 11.9 Å². The lowest BCUT2D eigenvalue weighted by atomic mass is 9.81. The molecular formula is C32H40O4. The highest BCUT2D eigenvalue weighted by molar-refractivity contribution is 5.91. The van der Waals surface area contributed by atoms with Crippen LogP contribution in [0.3, 0.4) is 0 Å². The van der Waals surface area contributed by atoms with Gasteiger partial charge in [-0.1, -0.05) is 65.8 Å². The topological polar surface area (TPSA) is 52.6 Å². The molecule has 36 heavy (non-hydrogen) atoms. The second-order valence-electron chi connectivity index (χ2n) is 13.3. The zero-order valence-electron chi connectivity index (χ0n) is 22.5. The van der Waals surface area contributed by atoms with Gasteiger partial charge in [0.05, 0.1) is 11.1 Å². The number of esters is 2. The minimum absolute atomic E-state index is 0.0560. The first kappa shape index (κ1) is 25.0. The average molecular weight is 489 g/mol. The van der Waals surface area contributed by atoms with Crippen molar-refractivity contribution in [2.75, 3.05) is 0 Å². The molecule has 4 nitrogen and oxygen atoms in total. The van der Waals surface area contributed by atoms with E-state index >= 15 is 0 Å². The van der Waals surface area contributed by atoms with Crippen molar-refractivity contribution in [1.82, 2.24) is 0 Å². The summed E-state index contributed by atoms with van der Waals surface area (Å²) in [5.74, 6) is 1.35. The third-order valence-corrected chi connectivity index (χ3v) is 8.84. The van der Waals surface area contributed by atoms with Gasteiger partial charge in [-0.2, -0.15) is 0 Å². The molecule has 3 saturated carbocycles. The van der Waals surface area contributed by atoms with Crippen LogP contribution in [0.25, 0.3) is 0 Å². The Labute approximate surface area is 215 Å². The summed E-state index contributed by atoms with van der Waals surface area (Å²) < 4.78 is 12.4. The van der Waals surface area contributed by atoms with Crippen LogP contribution >= 0.6 is 0 Å². The quantitative estimate of drug-likeness (QED) is 0.431. The maximum Gasteiger partial charge on any atom is 0.338 e. The number of benzene rings is 2. The van der Waals surface area contributed by atoms with Crippen molar-refractivity contribution in [3.05, 3.63) is 70.8 Å². The number of rotatable bonds is 4. The van der Waals surface area contributed by atoms with Crippen molar-refractivity contribution >= 4 is 11.9 Å². The van der Waals surface area contributed by atoms with E-state index in [2.05, 4.69) is 47.6 Å². The minimum Gasteiger partial charge on any atom is -0.455 e. The molecule has 6 atom stereocenters. The van der Waals surface area contributed by atoms with Crippen LogP contribution in [-0.4, -0.2) is 24.1 Å². The van der Waals surface area contributed by atoms with Gasteiger partial charge in [-0.05, 0) is 89.7 Å². The van der Waals surface area contributed by atoms with Gasteiger partial charge < -0.3 is 9.47 Å². The summed E-state index contributed by atoms with van der Waals surface area (Å²) in [6, 6.07) is 15.4. The van der Waals surface area contributed by atoms with Crippen LogP contribution in [0.2, 0.25) is 0 Å². The molecule has 2 aromatic rings. The van der Waals surface area contributed by atoms with E-state index in [0.717, 1.165) is 17.5 Å². The zero-order chi connectivity index (χ0) is 25.8. The van der Waals surface area contributed by atoms with Crippen LogP contribution in [0.1, 0.15) is 99.1 Å². The van der Waals surface area contributed by atoms with Gasteiger partial charge in [0.25, 0.3) is 0 Å². The van der Waals surface area contributed by atoms with Gasteiger partial charge in [0, 0.05) is 5.92 Å². The Kier molecular flexibility index (Phi) is 6.29. The minimum atomic E-state index is -0.399. The molecule has 0 heterocycles. The predicted octanol–water partition coefficient (Wildman–Crippen LogP) is 7.10. The molecule has 4 heteroatoms. The lowest BCUT2D eigenvalue weighted by molar-refractivity contribution is -0.0417. The van der Waals surface area contributed by atoms with E-state index in [-0.39, 0.29) is 34.8 Å². The third-order valence-electron chi connectivity index (χ3n) is 8.84. The zero-order valence-corrected chi connectivity index (χ0v) is 22.5. The number of hydrogen-bond donors (Lipinski definition) is 0. The van der Waals surface area contributed by atoms with E-state index in [1.165, 1.54) is 19.3 Å². The van der Waals surface area contributed by atoms with Gasteiger partial charge in [0.1, 0.15) is 12.2 Å². The Morgan fingerprint density at radius 3 is 1.81 bits per heavy atom. The van der Waals surface area contributed by atoms with E-state index in [0.29, 0.717) is 28.9 Å². The highest BCUT2D eigenvalue weighted by Crippen LogP contribution is 2.60. The second kappa shape index (κ2) is 9.04. The molecule has 3 aliphatic rings. The lowest BCUT2D eigenvalue weighted by Gasteiger charge is -2.29. The molecule has 192 valence electrons. The molecule has 0 N–H and O–H groups in total. The first-order valence-corrected chi connectivity index (χ1v) is 13.5. The summed E-state index contributed by atoms with van der Waals surface area (Å²) in [7, 11) is 0. The van der Waals surface area contributed by atoms with Gasteiger partial charge in [-0.15, -0.1) is 0 Å². The molecule has 2 bridgehead atoms. The van der Waals surface area contributed by atoms with Gasteiger partial charge in [0.15, 0.2) is 0 Å². The van der Waals surface area contributed by atoms with E-state index in [1.54, 1.807) is 0 Å². The Hall–Kier alpha value is -2.62. The smallest absolute Gasteiger partial charge is 0.338 e. The largest absolute Gasteiger partial charge is 0.455 e. The van der Waals surface area contributed by atoms with Crippen molar-refractivity contribution in [2.45, 2.75) is 90.3 Å². The summed E-state index contributed by atoms with van der Waals surface area (Å²) in [5, 5.41) is 0. The van der Waals surface area contributed by atoms with Gasteiger partial charge in [-0.3, -0.25) is 0 Å². The van der Waals surface area contributed by atoms with Crippen molar-refractivity contribution in [2.24, 2.45) is 23.7 Å². The van der Waals surface area contributed by atoms with Crippen molar-refractivity contribution in [1.29, 1.82) is 0 Å². The lowest BCUT2D eigenvalue weighted by Crippen LogP contribution is -2.37. The summed E-state index contributed by atoms with van der Waals surface area (Å²) >= 11 is 0. The number of carbonyl (C=O) groups excluding carboxylic acids is 2. The van der Waals surface area contributed by atoms with E-state index in [9.17, 15) is 9.59 Å². The molecule has 0 saturated heterocycles. The molecule has 0 amide bonds. The standard InChI is InChI=1S/C32H40O4/c1-31(2,3)23-11-7-9-21(16-23)29(33)35-26-18-25-19-13-14-20(15-19)27(25)28(26)36-30(34)22-10-8-12-24(17-22)32(4,5)6/h7-12,16-17,19-20,25-28H,13-15,18H2,1-6H3. The highest BCUT2D eigenvalue weighted by atomic mass is 16.6. The Balaban J connectivity index is 1.38. The van der Waals surface area contributed by atoms with Gasteiger partial charge in [-0.25, -0.2) is 9.59 Å². The molecule has 3 fully saturated rings. The SMILES string of the molecule is CC(C)(C)c1cccc(C(=O)OC2CC3C4CCC(C4)C3C2OC(=O)c2cccc(C(C)(C)C)c2)c1. The fraction of sp³-hybridized carbons (Fsp3) is 0.562. The first-order valence-electron chi connectivity index (χ1n) is 13.5. The Morgan fingerprint density at radius 1 is 0.722 bits per heavy atom. The number of carbonyl (C=O) groups is 2. The molecule has 2 aromatic carbocycles. The van der Waals surface area contributed by atoms with Gasteiger partial charge in [0.2, 0.25) is 0 Å². The molecular weight excluding hydrogens is 448 g/mol. The monoisotopic (exact) mass is 488 g/mol. The normalized spacial score (nSPS) is 29.2. The fourth-order valence-electron chi connectivity index (χ4n) is 6.86. The summed E-state index contributed by atoms with van der Waals surface area (Å²) in [4.78, 5) is 26.6. The molecule has 0 spiro atoms. The molecule has 6 unspecified atom stereocenters. The maximum atomic E-state index is 13.4. The van der Waals surface area contributed by atoms with E-state index < -0.39 is 6.10 Å². The summed E-state index contributed by atoms with van der Waals surface area (Å²) in [6.07, 6.45) is 3.66. The maximum absolute atomic E-state index is 13.4. The third kappa shape index (κ3) is 4.71. The predicted molar refractivity (Wildman–Crippen MR) is 141 cm³/mol. The average Bonchev–Trinajstić information content (AvgIpc) is 3.52. The number of ether oxygens (including phenoxy) is 2. The van der Waals surface area contributed by atoms with E-state index in [4.69, 9.17) is 9.47 Å². The summed E-state index contributed by atoms with van der Waals surface area (Å²) in [6.45, 7) is 12.8. The van der Waals surface area contributed by atoms with Crippen LogP contribution < -0.4 is 0 Å². The van der Waals surface area contributed by atoms with Crippen LogP contribution in [0, 0.1) is 23.7 Å². The van der Waals surface area contributed by atoms with Crippen LogP contribution in [0.15, 0.2) is 48.5 Å². The molecule has 3 aliphatic carbocycles. The number of hydrogen-bond acceptors (Lipinski definition) is 4. The van der Waals surface area contributed by atoms with Crippen molar-refractivity contribution in [3.8, 4) is 0 Å². The first-order chi connectivity index (χ1) is 16.9. The highest BCUT2D eigenvalue weighted by Gasteiger charge is 2.59. The fourth-order valence-corrected chi connectivity index (χ4v) is 6.86. The molecule has 0 aliphatic heterocycles. The molecule has 0 aromatic heterocycles. The van der Waals surface area contributed by atoms with Crippen LogP contribution in [0.4, 0.5) is 0 Å². The molecule has 5 rings (SSSR count). The second-order valence-corrected chi connectivity index (χ2v) is 13.3. The summed E-state index contributed by atoms with van der Waals surface area (Å²) in [5.41, 5.74) is 3.21.